The van der Waals surface area contributed by atoms with Gasteiger partial charge in [0, 0.05) is 12.2 Å². The fourth-order valence-corrected chi connectivity index (χ4v) is 4.91. The third-order valence-corrected chi connectivity index (χ3v) is 6.89. The van der Waals surface area contributed by atoms with Crippen molar-refractivity contribution in [2.45, 2.75) is 56.0 Å². The highest BCUT2D eigenvalue weighted by Crippen LogP contribution is 2.27. The van der Waals surface area contributed by atoms with Crippen molar-refractivity contribution in [3.8, 4) is 11.4 Å². The van der Waals surface area contributed by atoms with E-state index in [-0.39, 0.29) is 23.5 Å². The Morgan fingerprint density at radius 3 is 2.61 bits per heavy atom. The van der Waals surface area contributed by atoms with Crippen LogP contribution in [-0.2, 0) is 11.4 Å². The van der Waals surface area contributed by atoms with Gasteiger partial charge in [-0.25, -0.2) is 4.39 Å². The first-order valence-electron chi connectivity index (χ1n) is 11.4. The van der Waals surface area contributed by atoms with Crippen molar-refractivity contribution in [1.29, 1.82) is 0 Å². The van der Waals surface area contributed by atoms with Crippen LogP contribution in [0.3, 0.4) is 0 Å². The lowest BCUT2D eigenvalue weighted by atomic mass is 9.89. The molecule has 1 fully saturated rings. The second-order valence-corrected chi connectivity index (χ2v) is 9.61. The van der Waals surface area contributed by atoms with E-state index in [1.807, 2.05) is 41.8 Å². The summed E-state index contributed by atoms with van der Waals surface area (Å²) in [6.07, 6.45) is 6.19. The first kappa shape index (κ1) is 23.3. The Morgan fingerprint density at radius 2 is 1.85 bits per heavy atom. The van der Waals surface area contributed by atoms with E-state index in [9.17, 15) is 9.18 Å². The van der Waals surface area contributed by atoms with Gasteiger partial charge in [-0.3, -0.25) is 9.36 Å². The highest BCUT2D eigenvalue weighted by Gasteiger charge is 2.22. The fourth-order valence-electron chi connectivity index (χ4n) is 4.00. The Bertz CT molecular complexity index is 1050. The molecule has 1 heterocycles. The molecule has 0 bridgehead atoms. The monoisotopic (exact) mass is 468 g/mol. The molecule has 1 aromatic heterocycles. The van der Waals surface area contributed by atoms with E-state index < -0.39 is 5.82 Å². The van der Waals surface area contributed by atoms with Crippen LogP contribution in [0.5, 0.6) is 5.75 Å². The van der Waals surface area contributed by atoms with Crippen LogP contribution in [0, 0.1) is 11.7 Å². The maximum Gasteiger partial charge on any atom is 0.233 e. The number of hydrogen-bond acceptors (Lipinski definition) is 5. The van der Waals surface area contributed by atoms with Crippen LogP contribution >= 0.6 is 11.8 Å². The molecule has 4 rings (SSSR count). The Balaban J connectivity index is 1.46. The molecule has 3 aromatic rings. The van der Waals surface area contributed by atoms with Crippen LogP contribution in [0.2, 0.25) is 0 Å². The number of para-hydroxylation sites is 2. The van der Waals surface area contributed by atoms with Crippen LogP contribution in [0.4, 0.5) is 4.39 Å². The van der Waals surface area contributed by atoms with Gasteiger partial charge in [-0.15, -0.1) is 10.2 Å². The molecule has 2 aromatic carbocycles. The Hall–Kier alpha value is -2.87. The lowest BCUT2D eigenvalue weighted by molar-refractivity contribution is -0.120. The van der Waals surface area contributed by atoms with E-state index >= 15 is 0 Å². The van der Waals surface area contributed by atoms with E-state index in [1.54, 1.807) is 18.2 Å². The normalized spacial score (nSPS) is 15.2. The number of nitrogens with zero attached hydrogens (tertiary/aromatic N) is 3. The molecule has 0 aliphatic heterocycles. The topological polar surface area (TPSA) is 69.0 Å². The van der Waals surface area contributed by atoms with Gasteiger partial charge in [-0.05, 0) is 49.9 Å². The van der Waals surface area contributed by atoms with Gasteiger partial charge in [0.05, 0.1) is 5.25 Å². The number of benzene rings is 2. The maximum absolute atomic E-state index is 14.0. The number of carbonyl (C=O) groups excluding carboxylic acids is 1. The summed E-state index contributed by atoms with van der Waals surface area (Å²) in [5.74, 6) is 0.833. The summed E-state index contributed by atoms with van der Waals surface area (Å²) < 4.78 is 21.5. The van der Waals surface area contributed by atoms with Crippen molar-refractivity contribution in [3.63, 3.8) is 0 Å². The number of amides is 1. The minimum absolute atomic E-state index is 0.00246. The molecule has 1 saturated carbocycles. The number of thioether (sulfide) groups is 1. The number of carbonyl (C=O) groups is 1. The van der Waals surface area contributed by atoms with Crippen LogP contribution in [0.15, 0.2) is 59.8 Å². The largest absolute Gasteiger partial charge is 0.483 e. The second kappa shape index (κ2) is 11.3. The summed E-state index contributed by atoms with van der Waals surface area (Å²) in [4.78, 5) is 12.7. The van der Waals surface area contributed by atoms with E-state index in [0.29, 0.717) is 16.9 Å². The Labute approximate surface area is 197 Å². The smallest absolute Gasteiger partial charge is 0.233 e. The average Bonchev–Trinajstić information content (AvgIpc) is 3.25. The molecule has 0 spiro atoms. The molecular weight excluding hydrogens is 439 g/mol. The van der Waals surface area contributed by atoms with Gasteiger partial charge in [0.1, 0.15) is 6.61 Å². The minimum atomic E-state index is -0.430. The van der Waals surface area contributed by atoms with E-state index in [2.05, 4.69) is 15.5 Å². The Kier molecular flexibility index (Phi) is 7.99. The van der Waals surface area contributed by atoms with Gasteiger partial charge in [0.25, 0.3) is 0 Å². The molecule has 1 N–H and O–H groups in total. The van der Waals surface area contributed by atoms with Gasteiger partial charge < -0.3 is 10.1 Å². The summed E-state index contributed by atoms with van der Waals surface area (Å²) in [5, 5.41) is 12.0. The zero-order valence-electron chi connectivity index (χ0n) is 18.7. The second-order valence-electron chi connectivity index (χ2n) is 8.30. The zero-order valence-corrected chi connectivity index (χ0v) is 19.6. The molecule has 1 atom stereocenters. The maximum atomic E-state index is 14.0. The van der Waals surface area contributed by atoms with Gasteiger partial charge in [-0.1, -0.05) is 61.4 Å². The fraction of sp³-hybridized carbons (Fsp3) is 0.400. The number of aromatic nitrogens is 3. The quantitative estimate of drug-likeness (QED) is 0.439. The number of halogens is 1. The van der Waals surface area contributed by atoms with Crippen molar-refractivity contribution >= 4 is 17.7 Å². The van der Waals surface area contributed by atoms with Gasteiger partial charge in [0.2, 0.25) is 5.91 Å². The number of nitrogens with one attached hydrogen (secondary N) is 1. The molecule has 1 aliphatic rings. The number of rotatable bonds is 9. The van der Waals surface area contributed by atoms with Crippen molar-refractivity contribution < 1.29 is 13.9 Å². The highest BCUT2D eigenvalue weighted by atomic mass is 32.2. The summed E-state index contributed by atoms with van der Waals surface area (Å²) in [5.41, 5.74) is 0.854. The molecule has 0 unspecified atom stereocenters. The van der Waals surface area contributed by atoms with Gasteiger partial charge in [0.15, 0.2) is 22.5 Å². The SMILES string of the molecule is C[C@H](Sc1nnc(COc2ccccc2F)n1-c1ccccc1)C(=O)NCC1CCCCC1. The Morgan fingerprint density at radius 1 is 1.12 bits per heavy atom. The summed E-state index contributed by atoms with van der Waals surface area (Å²) in [6, 6.07) is 15.9. The first-order valence-corrected chi connectivity index (χ1v) is 12.3. The minimum Gasteiger partial charge on any atom is -0.483 e. The number of hydrogen-bond donors (Lipinski definition) is 1. The molecule has 174 valence electrons. The molecule has 8 heteroatoms. The lowest BCUT2D eigenvalue weighted by Gasteiger charge is -2.22. The van der Waals surface area contributed by atoms with E-state index in [1.165, 1.54) is 49.9 Å². The van der Waals surface area contributed by atoms with Crippen molar-refractivity contribution in [1.82, 2.24) is 20.1 Å². The van der Waals surface area contributed by atoms with E-state index in [4.69, 9.17) is 4.74 Å². The molecule has 33 heavy (non-hydrogen) atoms. The molecule has 1 amide bonds. The van der Waals surface area contributed by atoms with Crippen LogP contribution in [0.25, 0.3) is 5.69 Å². The van der Waals surface area contributed by atoms with Crippen LogP contribution in [0.1, 0.15) is 44.9 Å². The van der Waals surface area contributed by atoms with Crippen molar-refractivity contribution in [3.05, 3.63) is 66.2 Å². The molecule has 6 nitrogen and oxygen atoms in total. The van der Waals surface area contributed by atoms with Gasteiger partial charge in [-0.2, -0.15) is 0 Å². The van der Waals surface area contributed by atoms with Gasteiger partial charge >= 0.3 is 0 Å². The number of ether oxygens (including phenoxy) is 1. The lowest BCUT2D eigenvalue weighted by Crippen LogP contribution is -2.35. The molecule has 1 aliphatic carbocycles. The van der Waals surface area contributed by atoms with Crippen LogP contribution in [-0.4, -0.2) is 32.5 Å². The van der Waals surface area contributed by atoms with Crippen molar-refractivity contribution in [2.75, 3.05) is 6.54 Å². The predicted molar refractivity (Wildman–Crippen MR) is 127 cm³/mol. The third-order valence-electron chi connectivity index (χ3n) is 5.85. The first-order chi connectivity index (χ1) is 16.1. The van der Waals surface area contributed by atoms with E-state index in [0.717, 1.165) is 12.2 Å². The molecular formula is C25H29FN4O2S. The summed E-state index contributed by atoms with van der Waals surface area (Å²) in [6.45, 7) is 2.66. The highest BCUT2D eigenvalue weighted by molar-refractivity contribution is 8.00. The predicted octanol–water partition coefficient (Wildman–Crippen LogP) is 5.16. The van der Waals surface area contributed by atoms with Crippen molar-refractivity contribution in [2.24, 2.45) is 5.92 Å². The molecule has 0 saturated heterocycles. The summed E-state index contributed by atoms with van der Waals surface area (Å²) >= 11 is 1.35. The van der Waals surface area contributed by atoms with Crippen LogP contribution < -0.4 is 10.1 Å². The standard InChI is InChI=1S/C25H29FN4O2S/c1-18(24(31)27-16-19-10-4-2-5-11-19)33-25-29-28-23(30(25)20-12-6-3-7-13-20)17-32-22-15-9-8-14-21(22)26/h3,6-9,12-15,18-19H,2,4-5,10-11,16-17H2,1H3,(H,27,31)/t18-/m0/s1. The third kappa shape index (κ3) is 6.13. The average molecular weight is 469 g/mol. The summed E-state index contributed by atoms with van der Waals surface area (Å²) in [7, 11) is 0. The molecule has 0 radical (unpaired) electrons. The zero-order chi connectivity index (χ0) is 23.0.